The monoisotopic (exact) mass is 278 g/mol. The van der Waals surface area contributed by atoms with Gasteiger partial charge in [-0.3, -0.25) is 9.59 Å². The van der Waals surface area contributed by atoms with Crippen molar-refractivity contribution in [1.29, 1.82) is 0 Å². The van der Waals surface area contributed by atoms with Crippen molar-refractivity contribution in [3.63, 3.8) is 0 Å². The van der Waals surface area contributed by atoms with E-state index in [0.717, 1.165) is 10.6 Å². The van der Waals surface area contributed by atoms with Crippen molar-refractivity contribution in [2.75, 3.05) is 0 Å². The molecular weight excluding hydrogens is 264 g/mol. The van der Waals surface area contributed by atoms with Gasteiger partial charge in [0.15, 0.2) is 0 Å². The van der Waals surface area contributed by atoms with Gasteiger partial charge in [0.05, 0.1) is 17.1 Å². The molecular formula is C13H14N2O3S. The van der Waals surface area contributed by atoms with Crippen molar-refractivity contribution in [1.82, 2.24) is 9.55 Å². The number of aromatic nitrogens is 2. The highest BCUT2D eigenvalue weighted by Gasteiger charge is 2.06. The Kier molecular flexibility index (Phi) is 4.11. The topological polar surface area (TPSA) is 72.2 Å². The standard InChI is InChI=1S/C13H14N2O3S/c1-9-2-3-12(16)15(7-9)5-4-11-14-10(8-19-11)6-13(17)18/h2-3,7-8H,4-6H2,1H3,(H,17,18). The zero-order valence-corrected chi connectivity index (χ0v) is 11.3. The first kappa shape index (κ1) is 13.5. The summed E-state index contributed by atoms with van der Waals surface area (Å²) in [5, 5.41) is 11.3. The van der Waals surface area contributed by atoms with Crippen molar-refractivity contribution < 1.29 is 9.90 Å². The number of aliphatic carboxylic acids is 1. The molecule has 100 valence electrons. The van der Waals surface area contributed by atoms with E-state index >= 15 is 0 Å². The Labute approximate surface area is 114 Å². The zero-order chi connectivity index (χ0) is 13.8. The van der Waals surface area contributed by atoms with Gasteiger partial charge in [-0.05, 0) is 12.5 Å². The number of rotatable bonds is 5. The van der Waals surface area contributed by atoms with E-state index in [2.05, 4.69) is 4.98 Å². The van der Waals surface area contributed by atoms with Gasteiger partial charge in [0.2, 0.25) is 0 Å². The molecule has 19 heavy (non-hydrogen) atoms. The Balaban J connectivity index is 2.02. The fourth-order valence-electron chi connectivity index (χ4n) is 1.74. The molecule has 2 aromatic heterocycles. The summed E-state index contributed by atoms with van der Waals surface area (Å²) in [5.41, 5.74) is 1.57. The van der Waals surface area contributed by atoms with Crippen molar-refractivity contribution in [2.45, 2.75) is 26.3 Å². The number of carboxylic acid groups (broad SMARTS) is 1. The van der Waals surface area contributed by atoms with Crippen LogP contribution in [0.1, 0.15) is 16.3 Å². The fourth-order valence-corrected chi connectivity index (χ4v) is 2.53. The number of hydrogen-bond acceptors (Lipinski definition) is 4. The van der Waals surface area contributed by atoms with E-state index in [1.165, 1.54) is 11.3 Å². The molecule has 0 aromatic carbocycles. The average molecular weight is 278 g/mol. The Morgan fingerprint density at radius 2 is 2.26 bits per heavy atom. The van der Waals surface area contributed by atoms with Crippen LogP contribution in [0.15, 0.2) is 28.5 Å². The zero-order valence-electron chi connectivity index (χ0n) is 10.5. The van der Waals surface area contributed by atoms with E-state index in [-0.39, 0.29) is 12.0 Å². The Morgan fingerprint density at radius 1 is 1.47 bits per heavy atom. The van der Waals surface area contributed by atoms with E-state index in [4.69, 9.17) is 5.11 Å². The molecule has 0 bridgehead atoms. The number of pyridine rings is 1. The van der Waals surface area contributed by atoms with Gasteiger partial charge in [-0.1, -0.05) is 6.07 Å². The summed E-state index contributed by atoms with van der Waals surface area (Å²) in [4.78, 5) is 26.4. The molecule has 2 aromatic rings. The highest BCUT2D eigenvalue weighted by molar-refractivity contribution is 7.09. The minimum Gasteiger partial charge on any atom is -0.481 e. The van der Waals surface area contributed by atoms with Crippen LogP contribution in [0.2, 0.25) is 0 Å². The smallest absolute Gasteiger partial charge is 0.309 e. The largest absolute Gasteiger partial charge is 0.481 e. The summed E-state index contributed by atoms with van der Waals surface area (Å²) in [5.74, 6) is -0.883. The molecule has 2 rings (SSSR count). The van der Waals surface area contributed by atoms with Gasteiger partial charge in [0, 0.05) is 30.6 Å². The molecule has 0 saturated carbocycles. The number of thiazole rings is 1. The Morgan fingerprint density at radius 3 is 3.00 bits per heavy atom. The van der Waals surface area contributed by atoms with Crippen LogP contribution < -0.4 is 5.56 Å². The Bertz CT molecular complexity index is 645. The van der Waals surface area contributed by atoms with Crippen LogP contribution in [0.5, 0.6) is 0 Å². The minimum atomic E-state index is -0.883. The van der Waals surface area contributed by atoms with Crippen LogP contribution >= 0.6 is 11.3 Å². The first-order chi connectivity index (χ1) is 9.04. The average Bonchev–Trinajstić information content (AvgIpc) is 2.77. The van der Waals surface area contributed by atoms with Gasteiger partial charge >= 0.3 is 5.97 Å². The van der Waals surface area contributed by atoms with Crippen LogP contribution in [0, 0.1) is 6.92 Å². The second kappa shape index (κ2) is 5.79. The molecule has 2 heterocycles. The van der Waals surface area contributed by atoms with E-state index < -0.39 is 5.97 Å². The SMILES string of the molecule is Cc1ccc(=O)n(CCc2nc(CC(=O)O)cs2)c1. The first-order valence-electron chi connectivity index (χ1n) is 5.87. The molecule has 0 aliphatic rings. The number of nitrogens with zero attached hydrogens (tertiary/aromatic N) is 2. The van der Waals surface area contributed by atoms with E-state index in [9.17, 15) is 9.59 Å². The maximum Gasteiger partial charge on any atom is 0.309 e. The van der Waals surface area contributed by atoms with Gasteiger partial charge < -0.3 is 9.67 Å². The molecule has 0 unspecified atom stereocenters. The van der Waals surface area contributed by atoms with Crippen LogP contribution in [0.3, 0.4) is 0 Å². The lowest BCUT2D eigenvalue weighted by Gasteiger charge is -2.04. The summed E-state index contributed by atoms with van der Waals surface area (Å²) in [6, 6.07) is 3.33. The lowest BCUT2D eigenvalue weighted by molar-refractivity contribution is -0.136. The molecule has 5 nitrogen and oxygen atoms in total. The lowest BCUT2D eigenvalue weighted by atomic mass is 10.3. The molecule has 0 saturated heterocycles. The number of aryl methyl sites for hydroxylation is 3. The summed E-state index contributed by atoms with van der Waals surface area (Å²) in [7, 11) is 0. The van der Waals surface area contributed by atoms with E-state index in [1.807, 2.05) is 13.1 Å². The maximum atomic E-state index is 11.6. The number of hydrogen-bond donors (Lipinski definition) is 1. The highest BCUT2D eigenvalue weighted by atomic mass is 32.1. The van der Waals surface area contributed by atoms with Gasteiger partial charge in [-0.15, -0.1) is 11.3 Å². The van der Waals surface area contributed by atoms with Gasteiger partial charge in [0.25, 0.3) is 5.56 Å². The molecule has 0 fully saturated rings. The number of carbonyl (C=O) groups is 1. The van der Waals surface area contributed by atoms with Crippen molar-refractivity contribution in [3.8, 4) is 0 Å². The Hall–Kier alpha value is -1.95. The minimum absolute atomic E-state index is 0.0343. The number of carboxylic acids is 1. The molecule has 0 atom stereocenters. The van der Waals surface area contributed by atoms with Gasteiger partial charge in [-0.2, -0.15) is 0 Å². The van der Waals surface area contributed by atoms with Crippen molar-refractivity contribution in [3.05, 3.63) is 50.3 Å². The maximum absolute atomic E-state index is 11.6. The third-order valence-corrected chi connectivity index (χ3v) is 3.59. The van der Waals surface area contributed by atoms with E-state index in [1.54, 1.807) is 22.1 Å². The second-order valence-corrected chi connectivity index (χ2v) is 5.23. The van der Waals surface area contributed by atoms with Crippen molar-refractivity contribution in [2.24, 2.45) is 0 Å². The van der Waals surface area contributed by atoms with Gasteiger partial charge in [0.1, 0.15) is 0 Å². The molecule has 6 heteroatoms. The lowest BCUT2D eigenvalue weighted by Crippen LogP contribution is -2.19. The second-order valence-electron chi connectivity index (χ2n) is 4.29. The first-order valence-corrected chi connectivity index (χ1v) is 6.75. The molecule has 0 aliphatic heterocycles. The van der Waals surface area contributed by atoms with Crippen LogP contribution in [0.4, 0.5) is 0 Å². The normalized spacial score (nSPS) is 10.6. The third kappa shape index (κ3) is 3.75. The fraction of sp³-hybridized carbons (Fsp3) is 0.308. The highest BCUT2D eigenvalue weighted by Crippen LogP contribution is 2.11. The predicted molar refractivity (Wildman–Crippen MR) is 72.6 cm³/mol. The molecule has 1 N–H and O–H groups in total. The van der Waals surface area contributed by atoms with Crippen LogP contribution in [-0.4, -0.2) is 20.6 Å². The summed E-state index contributed by atoms with van der Waals surface area (Å²) in [6.45, 7) is 2.49. The predicted octanol–water partition coefficient (Wildman–Crippen LogP) is 1.48. The van der Waals surface area contributed by atoms with Gasteiger partial charge in [-0.25, -0.2) is 4.98 Å². The summed E-state index contributed by atoms with van der Waals surface area (Å²) < 4.78 is 1.65. The van der Waals surface area contributed by atoms with Crippen LogP contribution in [0.25, 0.3) is 0 Å². The summed E-state index contributed by atoms with van der Waals surface area (Å²) >= 11 is 1.43. The molecule has 0 spiro atoms. The molecule has 0 radical (unpaired) electrons. The van der Waals surface area contributed by atoms with Crippen LogP contribution in [-0.2, 0) is 24.2 Å². The third-order valence-electron chi connectivity index (χ3n) is 2.63. The van der Waals surface area contributed by atoms with E-state index in [0.29, 0.717) is 18.7 Å². The van der Waals surface area contributed by atoms with Crippen molar-refractivity contribution >= 4 is 17.3 Å². The summed E-state index contributed by atoms with van der Waals surface area (Å²) in [6.07, 6.45) is 2.39. The quantitative estimate of drug-likeness (QED) is 0.899. The molecule has 0 aliphatic carbocycles. The molecule has 0 amide bonds.